The van der Waals surface area contributed by atoms with Crippen molar-refractivity contribution in [1.82, 2.24) is 4.90 Å². The highest BCUT2D eigenvalue weighted by atomic mass is 16.4. The first-order valence-electron chi connectivity index (χ1n) is 5.30. The second kappa shape index (κ2) is 4.48. The zero-order valence-electron chi connectivity index (χ0n) is 9.29. The Kier molecular flexibility index (Phi) is 3.01. The molecule has 2 rings (SSSR count). The predicted octanol–water partition coefficient (Wildman–Crippen LogP) is -2.10. The maximum Gasteiger partial charge on any atom is 0.255 e. The zero-order chi connectivity index (χ0) is 13.3. The van der Waals surface area contributed by atoms with Crippen LogP contribution in [0, 0.1) is 0 Å². The standard InChI is InChI=1S/C12H11NO5/c14-10(15)5-9(12(17)18)13-6-7-3-1-2-4-8(7)11(13)16/h1-4,9H,5-6H2,(H,14,15)(H,17,18)/p-2/t9-/m1/s1. The third kappa shape index (κ3) is 2.04. The van der Waals surface area contributed by atoms with E-state index in [-0.39, 0.29) is 6.54 Å². The number of carboxylic acid groups (broad SMARTS) is 2. The lowest BCUT2D eigenvalue weighted by Gasteiger charge is -2.28. The average Bonchev–Trinajstić information content (AvgIpc) is 2.64. The second-order valence-electron chi connectivity index (χ2n) is 4.00. The summed E-state index contributed by atoms with van der Waals surface area (Å²) in [5.41, 5.74) is 1.06. The monoisotopic (exact) mass is 247 g/mol. The number of hydrogen-bond acceptors (Lipinski definition) is 5. The number of rotatable bonds is 4. The van der Waals surface area contributed by atoms with E-state index >= 15 is 0 Å². The maximum atomic E-state index is 11.9. The Balaban J connectivity index is 2.28. The summed E-state index contributed by atoms with van der Waals surface area (Å²) in [5.74, 6) is -3.63. The molecule has 0 fully saturated rings. The SMILES string of the molecule is O=C([O-])C[C@H](C(=O)[O-])N1Cc2ccccc2C1=O. The molecule has 1 aliphatic heterocycles. The van der Waals surface area contributed by atoms with Crippen LogP contribution in [0.3, 0.4) is 0 Å². The molecule has 0 unspecified atom stereocenters. The Hall–Kier alpha value is -2.37. The van der Waals surface area contributed by atoms with Gasteiger partial charge in [0.1, 0.15) is 0 Å². The van der Waals surface area contributed by atoms with Gasteiger partial charge < -0.3 is 24.7 Å². The summed E-state index contributed by atoms with van der Waals surface area (Å²) in [6.45, 7) is 0.0704. The Labute approximate surface area is 102 Å². The van der Waals surface area contributed by atoms with Crippen molar-refractivity contribution in [3.63, 3.8) is 0 Å². The van der Waals surface area contributed by atoms with E-state index in [1.807, 2.05) is 0 Å². The summed E-state index contributed by atoms with van der Waals surface area (Å²) in [6.07, 6.45) is -0.776. The van der Waals surface area contributed by atoms with Crippen LogP contribution >= 0.6 is 0 Å². The molecular formula is C12H9NO5-2. The minimum atomic E-state index is -1.60. The van der Waals surface area contributed by atoms with Crippen molar-refractivity contribution < 1.29 is 24.6 Å². The smallest absolute Gasteiger partial charge is 0.255 e. The molecule has 0 aliphatic carbocycles. The van der Waals surface area contributed by atoms with E-state index in [0.29, 0.717) is 11.1 Å². The minimum absolute atomic E-state index is 0.0704. The predicted molar refractivity (Wildman–Crippen MR) is 54.7 cm³/mol. The van der Waals surface area contributed by atoms with Crippen molar-refractivity contribution >= 4 is 17.8 Å². The molecule has 1 aromatic carbocycles. The zero-order valence-corrected chi connectivity index (χ0v) is 9.29. The number of carboxylic acids is 2. The van der Waals surface area contributed by atoms with Crippen LogP contribution in [0.4, 0.5) is 0 Å². The largest absolute Gasteiger partial charge is 0.550 e. The number of carbonyl (C=O) groups excluding carboxylic acids is 3. The number of nitrogens with zero attached hydrogens (tertiary/aromatic N) is 1. The van der Waals surface area contributed by atoms with Gasteiger partial charge in [0.15, 0.2) is 0 Å². The third-order valence-corrected chi connectivity index (χ3v) is 2.86. The van der Waals surface area contributed by atoms with Crippen molar-refractivity contribution in [3.8, 4) is 0 Å². The first-order valence-corrected chi connectivity index (χ1v) is 5.30. The molecule has 0 aromatic heterocycles. The van der Waals surface area contributed by atoms with Crippen LogP contribution in [0.15, 0.2) is 24.3 Å². The number of benzene rings is 1. The van der Waals surface area contributed by atoms with E-state index < -0.39 is 30.3 Å². The first kappa shape index (κ1) is 12.1. The lowest BCUT2D eigenvalue weighted by Crippen LogP contribution is -2.50. The van der Waals surface area contributed by atoms with Crippen molar-refractivity contribution in [2.75, 3.05) is 0 Å². The van der Waals surface area contributed by atoms with Gasteiger partial charge in [-0.15, -0.1) is 0 Å². The van der Waals surface area contributed by atoms with Crippen molar-refractivity contribution in [3.05, 3.63) is 35.4 Å². The quantitative estimate of drug-likeness (QED) is 0.606. The molecule has 0 saturated carbocycles. The van der Waals surface area contributed by atoms with E-state index in [0.717, 1.165) is 4.90 Å². The van der Waals surface area contributed by atoms with Gasteiger partial charge in [0.25, 0.3) is 5.91 Å². The molecule has 0 saturated heterocycles. The molecule has 0 spiro atoms. The molecule has 0 bridgehead atoms. The Morgan fingerprint density at radius 2 is 1.94 bits per heavy atom. The fourth-order valence-corrected chi connectivity index (χ4v) is 2.01. The first-order chi connectivity index (χ1) is 8.50. The van der Waals surface area contributed by atoms with Gasteiger partial charge in [-0.2, -0.15) is 0 Å². The fourth-order valence-electron chi connectivity index (χ4n) is 2.01. The Morgan fingerprint density at radius 3 is 2.50 bits per heavy atom. The highest BCUT2D eigenvalue weighted by Gasteiger charge is 2.32. The highest BCUT2D eigenvalue weighted by Crippen LogP contribution is 2.25. The van der Waals surface area contributed by atoms with E-state index in [1.165, 1.54) is 0 Å². The normalized spacial score (nSPS) is 15.3. The molecule has 1 heterocycles. The van der Waals surface area contributed by atoms with Gasteiger partial charge in [-0.3, -0.25) is 4.79 Å². The number of carbonyl (C=O) groups is 3. The topological polar surface area (TPSA) is 101 Å². The molecule has 6 nitrogen and oxygen atoms in total. The fraction of sp³-hybridized carbons (Fsp3) is 0.250. The van der Waals surface area contributed by atoms with E-state index in [4.69, 9.17) is 0 Å². The van der Waals surface area contributed by atoms with E-state index in [9.17, 15) is 24.6 Å². The summed E-state index contributed by atoms with van der Waals surface area (Å²) in [7, 11) is 0. The van der Waals surface area contributed by atoms with Crippen LogP contribution in [0.2, 0.25) is 0 Å². The second-order valence-corrected chi connectivity index (χ2v) is 4.00. The van der Waals surface area contributed by atoms with Gasteiger partial charge in [0.2, 0.25) is 0 Å². The number of amides is 1. The van der Waals surface area contributed by atoms with Crippen LogP contribution in [0.5, 0.6) is 0 Å². The Bertz CT molecular complexity index is 525. The van der Waals surface area contributed by atoms with Crippen LogP contribution in [0.25, 0.3) is 0 Å². The summed E-state index contributed by atoms with van der Waals surface area (Å²) in [4.78, 5) is 34.4. The van der Waals surface area contributed by atoms with E-state index in [2.05, 4.69) is 0 Å². The summed E-state index contributed by atoms with van der Waals surface area (Å²) in [6, 6.07) is 5.15. The molecule has 18 heavy (non-hydrogen) atoms. The van der Waals surface area contributed by atoms with Gasteiger partial charge in [0.05, 0.1) is 12.0 Å². The molecule has 0 N–H and O–H groups in total. The molecule has 1 atom stereocenters. The summed E-state index contributed by atoms with van der Waals surface area (Å²) < 4.78 is 0. The van der Waals surface area contributed by atoms with Crippen LogP contribution in [-0.4, -0.2) is 28.8 Å². The minimum Gasteiger partial charge on any atom is -0.550 e. The van der Waals surface area contributed by atoms with Crippen molar-refractivity contribution in [1.29, 1.82) is 0 Å². The van der Waals surface area contributed by atoms with Crippen LogP contribution in [0.1, 0.15) is 22.3 Å². The van der Waals surface area contributed by atoms with Gasteiger partial charge in [-0.05, 0) is 11.6 Å². The molecule has 1 amide bonds. The average molecular weight is 247 g/mol. The number of aliphatic carboxylic acids is 2. The van der Waals surface area contributed by atoms with Gasteiger partial charge in [-0.1, -0.05) is 18.2 Å². The summed E-state index contributed by atoms with van der Waals surface area (Å²) >= 11 is 0. The molecule has 0 radical (unpaired) electrons. The van der Waals surface area contributed by atoms with Crippen LogP contribution < -0.4 is 10.2 Å². The molecule has 6 heteroatoms. The van der Waals surface area contributed by atoms with E-state index in [1.54, 1.807) is 24.3 Å². The van der Waals surface area contributed by atoms with Gasteiger partial charge in [-0.25, -0.2) is 0 Å². The van der Waals surface area contributed by atoms with Crippen molar-refractivity contribution in [2.45, 2.75) is 19.0 Å². The molecule has 1 aliphatic rings. The number of fused-ring (bicyclic) bond motifs is 1. The maximum absolute atomic E-state index is 11.9. The Morgan fingerprint density at radius 1 is 1.28 bits per heavy atom. The molecule has 94 valence electrons. The summed E-state index contributed by atoms with van der Waals surface area (Å²) in [5, 5.41) is 21.4. The van der Waals surface area contributed by atoms with Crippen molar-refractivity contribution in [2.24, 2.45) is 0 Å². The van der Waals surface area contributed by atoms with Gasteiger partial charge in [0, 0.05) is 24.5 Å². The highest BCUT2D eigenvalue weighted by molar-refractivity contribution is 6.00. The molecular weight excluding hydrogens is 238 g/mol. The molecule has 1 aromatic rings. The lowest BCUT2D eigenvalue weighted by molar-refractivity contribution is -0.320. The van der Waals surface area contributed by atoms with Gasteiger partial charge >= 0.3 is 0 Å². The number of hydrogen-bond donors (Lipinski definition) is 0. The van der Waals surface area contributed by atoms with Crippen LogP contribution in [-0.2, 0) is 16.1 Å². The third-order valence-electron chi connectivity index (χ3n) is 2.86. The lowest BCUT2D eigenvalue weighted by atomic mass is 10.1.